The zero-order valence-corrected chi connectivity index (χ0v) is 41.3. The van der Waals surface area contributed by atoms with Gasteiger partial charge in [0.1, 0.15) is 0 Å². The lowest BCUT2D eigenvalue weighted by atomic mass is 9.97. The van der Waals surface area contributed by atoms with Gasteiger partial charge in [-0.25, -0.2) is 15.0 Å². The molecule has 0 fully saturated rings. The second-order valence-electron chi connectivity index (χ2n) is 19.5. The third-order valence-corrected chi connectivity index (χ3v) is 14.9. The third-order valence-electron chi connectivity index (χ3n) is 14.9. The number of hydrogen-bond acceptors (Lipinski definition) is 3. The van der Waals surface area contributed by atoms with Crippen LogP contribution in [0.5, 0.6) is 0 Å². The van der Waals surface area contributed by atoms with Gasteiger partial charge in [0.25, 0.3) is 0 Å². The van der Waals surface area contributed by atoms with Crippen molar-refractivity contribution in [3.05, 3.63) is 271 Å². The average Bonchev–Trinajstić information content (AvgIpc) is 4.13. The van der Waals surface area contributed by atoms with E-state index < -0.39 is 0 Å². The first-order valence-electron chi connectivity index (χ1n) is 25.9. The van der Waals surface area contributed by atoms with Gasteiger partial charge in [-0.1, -0.05) is 189 Å². The van der Waals surface area contributed by atoms with Gasteiger partial charge in [0.05, 0.1) is 33.3 Å². The van der Waals surface area contributed by atoms with Crippen LogP contribution < -0.4 is 0 Å². The molecule has 0 saturated heterocycles. The van der Waals surface area contributed by atoms with Crippen LogP contribution in [0, 0.1) is 0 Å². The Bertz CT molecular complexity index is 4350. The smallest absolute Gasteiger partial charge is 0.164 e. The number of fused-ring (bicyclic) bond motifs is 9. The van der Waals surface area contributed by atoms with Gasteiger partial charge < -0.3 is 13.7 Å². The van der Waals surface area contributed by atoms with E-state index in [4.69, 9.17) is 21.5 Å². The zero-order chi connectivity index (χ0) is 49.8. The van der Waals surface area contributed by atoms with E-state index in [1.807, 2.05) is 18.2 Å². The number of nitrogens with zero attached hydrogens (tertiary/aromatic N) is 6. The van der Waals surface area contributed by atoms with Crippen molar-refractivity contribution in [1.29, 1.82) is 0 Å². The first-order valence-corrected chi connectivity index (χ1v) is 25.9. The minimum absolute atomic E-state index is 0.517. The zero-order valence-electron chi connectivity index (χ0n) is 41.3. The van der Waals surface area contributed by atoms with Crippen molar-refractivity contribution in [2.24, 2.45) is 0 Å². The molecule has 6 nitrogen and oxygen atoms in total. The van der Waals surface area contributed by atoms with Crippen LogP contribution in [0.3, 0.4) is 0 Å². The Hall–Kier alpha value is -9.65. The molecular weight excluding hydrogens is 913 g/mol. The Kier molecular flexibility index (Phi) is 10.8. The molecule has 2 aliphatic carbocycles. The van der Waals surface area contributed by atoms with Gasteiger partial charge in [-0.05, 0) is 97.5 Å². The van der Waals surface area contributed by atoms with Gasteiger partial charge in [0.2, 0.25) is 0 Å². The van der Waals surface area contributed by atoms with Gasteiger partial charge >= 0.3 is 0 Å². The molecule has 4 heterocycles. The fourth-order valence-electron chi connectivity index (χ4n) is 11.5. The molecule has 0 aliphatic heterocycles. The van der Waals surface area contributed by atoms with E-state index >= 15 is 0 Å². The van der Waals surface area contributed by atoms with Crippen molar-refractivity contribution < 1.29 is 0 Å². The van der Waals surface area contributed by atoms with Gasteiger partial charge in [-0.3, -0.25) is 0 Å². The fourth-order valence-corrected chi connectivity index (χ4v) is 11.5. The lowest BCUT2D eigenvalue weighted by Crippen LogP contribution is -2.06. The number of para-hydroxylation sites is 3. The summed E-state index contributed by atoms with van der Waals surface area (Å²) in [5.41, 5.74) is 17.2. The summed E-state index contributed by atoms with van der Waals surface area (Å²) in [5.74, 6) is 1.76. The Morgan fingerprint density at radius 1 is 0.480 bits per heavy atom. The Balaban J connectivity index is 1.05. The maximum absolute atomic E-state index is 5.19. The molecule has 14 rings (SSSR count). The molecule has 0 spiro atoms. The Morgan fingerprint density at radius 3 is 1.83 bits per heavy atom. The third kappa shape index (κ3) is 7.69. The number of aromatic nitrogens is 6. The molecule has 0 unspecified atom stereocenters. The van der Waals surface area contributed by atoms with Crippen molar-refractivity contribution in [3.63, 3.8) is 0 Å². The van der Waals surface area contributed by atoms with Crippen molar-refractivity contribution >= 4 is 89.1 Å². The largest absolute Gasteiger partial charge is 0.313 e. The van der Waals surface area contributed by atoms with Crippen LogP contribution in [0.4, 0.5) is 0 Å². The van der Waals surface area contributed by atoms with Crippen molar-refractivity contribution in [3.8, 4) is 22.8 Å². The SMILES string of the molecule is C=C(/C=C(\C(=C\c1ccccc1)n1c2ccc(-n3c4c(c5ccccc53)C=CCC4)cc2c2ccc(-n3c4ccccc4c4ccccc43)cc21)c1ccccc1)c1nc(C2=CCCC=C2)nc(-c2ccccc2)n1. The van der Waals surface area contributed by atoms with E-state index in [9.17, 15) is 0 Å². The summed E-state index contributed by atoms with van der Waals surface area (Å²) < 4.78 is 7.39. The van der Waals surface area contributed by atoms with E-state index in [1.54, 1.807) is 0 Å². The van der Waals surface area contributed by atoms with Crippen LogP contribution in [-0.2, 0) is 6.42 Å². The highest BCUT2D eigenvalue weighted by Gasteiger charge is 2.24. The van der Waals surface area contributed by atoms with E-state index in [2.05, 4.69) is 238 Å². The summed E-state index contributed by atoms with van der Waals surface area (Å²) in [7, 11) is 0. The quantitative estimate of drug-likeness (QED) is 0.128. The van der Waals surface area contributed by atoms with E-state index in [-0.39, 0.29) is 0 Å². The van der Waals surface area contributed by atoms with Gasteiger partial charge in [-0.15, -0.1) is 0 Å². The van der Waals surface area contributed by atoms with Crippen LogP contribution in [0.25, 0.3) is 112 Å². The van der Waals surface area contributed by atoms with Crippen LogP contribution in [-0.4, -0.2) is 28.7 Å². The molecule has 2 aliphatic rings. The first-order chi connectivity index (χ1) is 37.1. The van der Waals surface area contributed by atoms with E-state index in [1.165, 1.54) is 32.9 Å². The lowest BCUT2D eigenvalue weighted by molar-refractivity contribution is 0.889. The summed E-state index contributed by atoms with van der Waals surface area (Å²) >= 11 is 0. The van der Waals surface area contributed by atoms with Crippen molar-refractivity contribution in [2.45, 2.75) is 25.7 Å². The molecule has 4 aromatic heterocycles. The fraction of sp³-hybridized carbons (Fsp3) is 0.0580. The highest BCUT2D eigenvalue weighted by molar-refractivity contribution is 6.18. The maximum Gasteiger partial charge on any atom is 0.164 e. The molecule has 0 amide bonds. The molecule has 0 saturated carbocycles. The molecule has 356 valence electrons. The summed E-state index contributed by atoms with van der Waals surface area (Å²) in [5, 5.41) is 6.03. The Labute approximate surface area is 435 Å². The minimum atomic E-state index is 0.517. The molecular formula is C69H50N6. The van der Waals surface area contributed by atoms with Gasteiger partial charge in [-0.2, -0.15) is 0 Å². The molecule has 0 atom stereocenters. The molecule has 75 heavy (non-hydrogen) atoms. The summed E-state index contributed by atoms with van der Waals surface area (Å²) in [6.45, 7) is 4.80. The van der Waals surface area contributed by atoms with E-state index in [0.29, 0.717) is 23.0 Å². The van der Waals surface area contributed by atoms with Crippen molar-refractivity contribution in [2.75, 3.05) is 0 Å². The topological polar surface area (TPSA) is 53.5 Å². The van der Waals surface area contributed by atoms with Crippen LogP contribution in [0.1, 0.15) is 53.3 Å². The molecule has 0 N–H and O–H groups in total. The predicted molar refractivity (Wildman–Crippen MR) is 314 cm³/mol. The van der Waals surface area contributed by atoms with Crippen LogP contribution in [0.2, 0.25) is 0 Å². The number of benzene rings is 8. The molecule has 12 aromatic rings. The molecule has 0 bridgehead atoms. The van der Waals surface area contributed by atoms with Crippen LogP contribution >= 0.6 is 0 Å². The number of rotatable bonds is 10. The first kappa shape index (κ1) is 44.1. The molecule has 0 radical (unpaired) electrons. The second-order valence-corrected chi connectivity index (χ2v) is 19.5. The second kappa shape index (κ2) is 18.4. The lowest BCUT2D eigenvalue weighted by Gasteiger charge is -2.19. The monoisotopic (exact) mass is 962 g/mol. The standard InChI is InChI=1S/C69H50N6/c1-46(67-70-68(49-26-10-4-11-27-49)72-69(71-67)50-28-12-5-13-29-50)42-58(48-24-8-3-9-25-48)65(43-47-22-6-2-7-23-47)75-64-41-39-51(73-60-34-18-14-30-53(60)54-31-15-19-35-61(54)73)44-59(64)57-40-38-52(45-66(57)75)74-62-36-20-16-32-55(62)56-33-17-21-37-63(56)74/h2-4,6-12,14-18,20-34,36-45H,1,5,13,19,35H2/b58-42-,65-43-. The van der Waals surface area contributed by atoms with Gasteiger partial charge in [0, 0.05) is 71.8 Å². The van der Waals surface area contributed by atoms with Crippen LogP contribution in [0.15, 0.2) is 237 Å². The minimum Gasteiger partial charge on any atom is -0.313 e. The summed E-state index contributed by atoms with van der Waals surface area (Å²) in [6.07, 6.45) is 19.6. The van der Waals surface area contributed by atoms with Gasteiger partial charge in [0.15, 0.2) is 17.5 Å². The average molecular weight is 963 g/mol. The van der Waals surface area contributed by atoms with E-state index in [0.717, 1.165) is 103 Å². The Morgan fingerprint density at radius 2 is 1.09 bits per heavy atom. The number of hydrogen-bond donors (Lipinski definition) is 0. The highest BCUT2D eigenvalue weighted by atomic mass is 15.0. The normalized spacial score (nSPS) is 13.8. The predicted octanol–water partition coefficient (Wildman–Crippen LogP) is 17.2. The molecule has 6 heteroatoms. The van der Waals surface area contributed by atoms with Crippen molar-refractivity contribution in [1.82, 2.24) is 28.7 Å². The maximum atomic E-state index is 5.19. The summed E-state index contributed by atoms with van der Waals surface area (Å²) in [4.78, 5) is 15.4. The number of allylic oxidation sites excluding steroid dienone is 9. The highest BCUT2D eigenvalue weighted by Crippen LogP contribution is 2.43. The summed E-state index contributed by atoms with van der Waals surface area (Å²) in [6, 6.07) is 71.9. The molecule has 8 aromatic carbocycles.